The summed E-state index contributed by atoms with van der Waals surface area (Å²) >= 11 is 0. The molecule has 0 unspecified atom stereocenters. The Morgan fingerprint density at radius 2 is 1.71 bits per heavy atom. The number of carbonyl (C=O) groups is 1. The van der Waals surface area contributed by atoms with Gasteiger partial charge in [-0.25, -0.2) is 0 Å². The van der Waals surface area contributed by atoms with E-state index in [-0.39, 0.29) is 5.91 Å². The molecule has 0 spiro atoms. The van der Waals surface area contributed by atoms with Gasteiger partial charge in [-0.2, -0.15) is 0 Å². The maximum Gasteiger partial charge on any atom is 0.254 e. The summed E-state index contributed by atoms with van der Waals surface area (Å²) in [4.78, 5) is 15.1. The summed E-state index contributed by atoms with van der Waals surface area (Å²) in [6.07, 6.45) is 0. The summed E-state index contributed by atoms with van der Waals surface area (Å²) in [5, 5.41) is 6.36. The summed E-state index contributed by atoms with van der Waals surface area (Å²) < 4.78 is 13.2. The summed E-state index contributed by atoms with van der Waals surface area (Å²) in [5.74, 6) is 0.873. The third-order valence-electron chi connectivity index (χ3n) is 6.92. The molecule has 0 N–H and O–H groups in total. The van der Waals surface area contributed by atoms with Crippen LogP contribution in [0.3, 0.4) is 0 Å². The molecular weight excluding hydrogens is 438 g/mol. The van der Waals surface area contributed by atoms with Crippen LogP contribution >= 0.6 is 0 Å². The predicted octanol–water partition coefficient (Wildman–Crippen LogP) is 5.59. The van der Waals surface area contributed by atoms with Crippen LogP contribution in [0, 0.1) is 13.8 Å². The average Bonchev–Trinajstić information content (AvgIpc) is 3.40. The lowest BCUT2D eigenvalue weighted by Crippen LogP contribution is -2.40. The number of carbonyl (C=O) groups excluding carboxylic acids is 1. The zero-order chi connectivity index (χ0) is 23.9. The van der Waals surface area contributed by atoms with E-state index in [2.05, 4.69) is 58.3 Å². The van der Waals surface area contributed by atoms with Gasteiger partial charge in [0.2, 0.25) is 0 Å². The number of ether oxygens (including phenoxy) is 1. The van der Waals surface area contributed by atoms with Crippen molar-refractivity contribution in [2.24, 2.45) is 0 Å². The minimum Gasteiger partial charge on any atom is -0.378 e. The van der Waals surface area contributed by atoms with E-state index in [1.165, 1.54) is 5.56 Å². The Bertz CT molecular complexity index is 1520. The zero-order valence-corrected chi connectivity index (χ0v) is 20.0. The molecule has 1 aliphatic rings. The molecule has 0 radical (unpaired) electrons. The topological polar surface area (TPSA) is 60.5 Å². The van der Waals surface area contributed by atoms with Gasteiger partial charge in [0, 0.05) is 47.1 Å². The Labute approximate surface area is 203 Å². The van der Waals surface area contributed by atoms with E-state index in [0.717, 1.165) is 50.9 Å². The lowest BCUT2D eigenvalue weighted by Gasteiger charge is -2.26. The minimum atomic E-state index is 0.0616. The normalized spacial score (nSPS) is 14.2. The zero-order valence-electron chi connectivity index (χ0n) is 20.0. The van der Waals surface area contributed by atoms with E-state index in [1.54, 1.807) is 0 Å². The van der Waals surface area contributed by atoms with E-state index < -0.39 is 0 Å². The highest BCUT2D eigenvalue weighted by atomic mass is 16.5. The number of aryl methyl sites for hydroxylation is 2. The maximum absolute atomic E-state index is 13.2. The minimum absolute atomic E-state index is 0.0616. The van der Waals surface area contributed by atoms with Gasteiger partial charge >= 0.3 is 0 Å². The standard InChI is InChI=1S/C29H27N3O3/c1-19-28(20(2)35-30-19)22-8-10-24-25-16-23(29(33)31-12-14-34-15-13-31)9-11-26(25)32(27(24)17-22)18-21-6-4-3-5-7-21/h3-11,16-17H,12-15,18H2,1-2H3. The number of hydrogen-bond acceptors (Lipinski definition) is 4. The van der Waals surface area contributed by atoms with Gasteiger partial charge in [0.05, 0.1) is 24.4 Å². The molecule has 0 saturated carbocycles. The molecule has 0 atom stereocenters. The average molecular weight is 466 g/mol. The lowest BCUT2D eigenvalue weighted by molar-refractivity contribution is 0.0303. The highest BCUT2D eigenvalue weighted by Crippen LogP contribution is 2.35. The highest BCUT2D eigenvalue weighted by Gasteiger charge is 2.21. The van der Waals surface area contributed by atoms with E-state index in [0.29, 0.717) is 31.9 Å². The fraction of sp³-hybridized carbons (Fsp3) is 0.241. The van der Waals surface area contributed by atoms with Gasteiger partial charge < -0.3 is 18.7 Å². The van der Waals surface area contributed by atoms with Crippen molar-refractivity contribution in [3.63, 3.8) is 0 Å². The molecule has 1 fully saturated rings. The number of hydrogen-bond donors (Lipinski definition) is 0. The number of morpholine rings is 1. The third-order valence-corrected chi connectivity index (χ3v) is 6.92. The van der Waals surface area contributed by atoms with Gasteiger partial charge in [-0.1, -0.05) is 47.6 Å². The molecule has 2 aromatic heterocycles. The molecule has 1 aliphatic heterocycles. The van der Waals surface area contributed by atoms with Crippen LogP contribution < -0.4 is 0 Å². The molecule has 5 aromatic rings. The first kappa shape index (κ1) is 21.6. The van der Waals surface area contributed by atoms with Crippen LogP contribution in [0.15, 0.2) is 71.3 Å². The summed E-state index contributed by atoms with van der Waals surface area (Å²) in [7, 11) is 0. The van der Waals surface area contributed by atoms with Crippen molar-refractivity contribution in [2.45, 2.75) is 20.4 Å². The number of rotatable bonds is 4. The first-order chi connectivity index (χ1) is 17.1. The van der Waals surface area contributed by atoms with Gasteiger partial charge in [-0.15, -0.1) is 0 Å². The van der Waals surface area contributed by atoms with E-state index in [4.69, 9.17) is 9.26 Å². The summed E-state index contributed by atoms with van der Waals surface area (Å²) in [5.41, 5.74) is 7.17. The first-order valence-electron chi connectivity index (χ1n) is 12.0. The van der Waals surface area contributed by atoms with Crippen LogP contribution in [0.4, 0.5) is 0 Å². The molecular formula is C29H27N3O3. The van der Waals surface area contributed by atoms with E-state index in [1.807, 2.05) is 36.9 Å². The second kappa shape index (κ2) is 8.71. The quantitative estimate of drug-likeness (QED) is 0.347. The van der Waals surface area contributed by atoms with Crippen LogP contribution in [0.25, 0.3) is 32.9 Å². The second-order valence-corrected chi connectivity index (χ2v) is 9.14. The Kier molecular flexibility index (Phi) is 5.38. The summed E-state index contributed by atoms with van der Waals surface area (Å²) in [6, 6.07) is 23.0. The molecule has 6 rings (SSSR count). The van der Waals surface area contributed by atoms with Crippen LogP contribution in [-0.2, 0) is 11.3 Å². The maximum atomic E-state index is 13.2. The Morgan fingerprint density at radius 3 is 2.46 bits per heavy atom. The molecule has 6 heteroatoms. The molecule has 3 aromatic carbocycles. The molecule has 1 saturated heterocycles. The van der Waals surface area contributed by atoms with Crippen molar-refractivity contribution in [3.8, 4) is 11.1 Å². The Hall–Kier alpha value is -3.90. The molecule has 35 heavy (non-hydrogen) atoms. The molecule has 0 aliphatic carbocycles. The largest absolute Gasteiger partial charge is 0.378 e. The van der Waals surface area contributed by atoms with E-state index >= 15 is 0 Å². The van der Waals surface area contributed by atoms with E-state index in [9.17, 15) is 4.79 Å². The van der Waals surface area contributed by atoms with Crippen molar-refractivity contribution in [1.82, 2.24) is 14.6 Å². The molecule has 0 bridgehead atoms. The smallest absolute Gasteiger partial charge is 0.254 e. The molecule has 176 valence electrons. The molecule has 1 amide bonds. The highest BCUT2D eigenvalue weighted by molar-refractivity contribution is 6.11. The number of benzene rings is 3. The third kappa shape index (κ3) is 3.80. The lowest BCUT2D eigenvalue weighted by atomic mass is 10.0. The van der Waals surface area contributed by atoms with Crippen LogP contribution in [0.2, 0.25) is 0 Å². The predicted molar refractivity (Wildman–Crippen MR) is 137 cm³/mol. The Morgan fingerprint density at radius 1 is 0.914 bits per heavy atom. The van der Waals surface area contributed by atoms with Gasteiger partial charge in [-0.3, -0.25) is 4.79 Å². The first-order valence-corrected chi connectivity index (χ1v) is 12.0. The second-order valence-electron chi connectivity index (χ2n) is 9.14. The molecule has 3 heterocycles. The Balaban J connectivity index is 1.53. The van der Waals surface area contributed by atoms with Crippen molar-refractivity contribution >= 4 is 27.7 Å². The van der Waals surface area contributed by atoms with Gasteiger partial charge in [0.1, 0.15) is 5.76 Å². The molecule has 6 nitrogen and oxygen atoms in total. The number of amides is 1. The van der Waals surface area contributed by atoms with Gasteiger partial charge in [0.25, 0.3) is 5.91 Å². The van der Waals surface area contributed by atoms with Crippen molar-refractivity contribution < 1.29 is 14.1 Å². The monoisotopic (exact) mass is 465 g/mol. The summed E-state index contributed by atoms with van der Waals surface area (Å²) in [6.45, 7) is 7.11. The van der Waals surface area contributed by atoms with Gasteiger partial charge in [-0.05, 0) is 49.2 Å². The SMILES string of the molecule is Cc1noc(C)c1-c1ccc2c3cc(C(=O)N4CCOCC4)ccc3n(Cc3ccccc3)c2c1. The fourth-order valence-corrected chi connectivity index (χ4v) is 5.17. The van der Waals surface area contributed by atoms with Crippen LogP contribution in [0.1, 0.15) is 27.4 Å². The fourth-order valence-electron chi connectivity index (χ4n) is 5.17. The number of aromatic nitrogens is 2. The number of nitrogens with zero attached hydrogens (tertiary/aromatic N) is 3. The number of fused-ring (bicyclic) bond motifs is 3. The van der Waals surface area contributed by atoms with Crippen molar-refractivity contribution in [1.29, 1.82) is 0 Å². The van der Waals surface area contributed by atoms with Crippen LogP contribution in [-0.4, -0.2) is 46.8 Å². The van der Waals surface area contributed by atoms with Crippen molar-refractivity contribution in [3.05, 3.63) is 89.3 Å². The van der Waals surface area contributed by atoms with Gasteiger partial charge in [0.15, 0.2) is 0 Å². The van der Waals surface area contributed by atoms with Crippen molar-refractivity contribution in [2.75, 3.05) is 26.3 Å². The van der Waals surface area contributed by atoms with Crippen LogP contribution in [0.5, 0.6) is 0 Å².